The number of hydrogen-bond donors (Lipinski definition) is 2. The maximum absolute atomic E-state index is 12.4. The summed E-state index contributed by atoms with van der Waals surface area (Å²) >= 11 is 0. The van der Waals surface area contributed by atoms with Crippen molar-refractivity contribution in [1.29, 1.82) is 0 Å². The molecule has 0 atom stereocenters. The molecule has 0 aromatic heterocycles. The standard InChI is InChI=1S/C12H23N3O3/c1-4-15(12(2,3)10(16)17)11(18)14-8-5-6-13-7-9-14/h13H,4-9H2,1-3H3,(H,16,17). The summed E-state index contributed by atoms with van der Waals surface area (Å²) in [5, 5.41) is 12.4. The van der Waals surface area contributed by atoms with Crippen LogP contribution in [0.4, 0.5) is 4.79 Å². The number of carbonyl (C=O) groups is 2. The van der Waals surface area contributed by atoms with Crippen LogP contribution in [0.5, 0.6) is 0 Å². The van der Waals surface area contributed by atoms with E-state index in [4.69, 9.17) is 0 Å². The molecule has 2 N–H and O–H groups in total. The van der Waals surface area contributed by atoms with E-state index < -0.39 is 11.5 Å². The highest BCUT2D eigenvalue weighted by molar-refractivity contribution is 5.85. The van der Waals surface area contributed by atoms with Crippen LogP contribution in [0.2, 0.25) is 0 Å². The van der Waals surface area contributed by atoms with E-state index in [9.17, 15) is 14.7 Å². The topological polar surface area (TPSA) is 72.9 Å². The van der Waals surface area contributed by atoms with Crippen molar-refractivity contribution in [2.45, 2.75) is 32.7 Å². The summed E-state index contributed by atoms with van der Waals surface area (Å²) in [6, 6.07) is -0.186. The zero-order chi connectivity index (χ0) is 13.8. The molecule has 18 heavy (non-hydrogen) atoms. The lowest BCUT2D eigenvalue weighted by Gasteiger charge is -2.37. The van der Waals surface area contributed by atoms with Crippen LogP contribution in [0, 0.1) is 0 Å². The number of amides is 2. The summed E-state index contributed by atoms with van der Waals surface area (Å²) in [6.45, 7) is 8.29. The van der Waals surface area contributed by atoms with E-state index >= 15 is 0 Å². The minimum Gasteiger partial charge on any atom is -0.480 e. The third-order valence-electron chi connectivity index (χ3n) is 3.36. The normalized spacial score (nSPS) is 17.2. The van der Waals surface area contributed by atoms with Gasteiger partial charge in [0.05, 0.1) is 0 Å². The Morgan fingerprint density at radius 1 is 1.33 bits per heavy atom. The second-order valence-electron chi connectivity index (χ2n) is 4.98. The van der Waals surface area contributed by atoms with Gasteiger partial charge in [-0.15, -0.1) is 0 Å². The van der Waals surface area contributed by atoms with E-state index in [1.165, 1.54) is 4.90 Å². The maximum Gasteiger partial charge on any atom is 0.329 e. The first-order valence-corrected chi connectivity index (χ1v) is 6.42. The monoisotopic (exact) mass is 257 g/mol. The van der Waals surface area contributed by atoms with Gasteiger partial charge in [0.15, 0.2) is 0 Å². The van der Waals surface area contributed by atoms with Gasteiger partial charge in [-0.1, -0.05) is 0 Å². The molecular weight excluding hydrogens is 234 g/mol. The van der Waals surface area contributed by atoms with E-state index in [0.717, 1.165) is 19.5 Å². The second-order valence-corrected chi connectivity index (χ2v) is 4.98. The molecule has 0 unspecified atom stereocenters. The predicted octanol–water partition coefficient (Wildman–Crippen LogP) is 0.587. The van der Waals surface area contributed by atoms with Crippen molar-refractivity contribution in [3.8, 4) is 0 Å². The Kier molecular flexibility index (Phi) is 4.95. The summed E-state index contributed by atoms with van der Waals surface area (Å²) in [6.07, 6.45) is 0.900. The van der Waals surface area contributed by atoms with Gasteiger partial charge in [0.25, 0.3) is 0 Å². The van der Waals surface area contributed by atoms with Crippen molar-refractivity contribution in [1.82, 2.24) is 15.1 Å². The van der Waals surface area contributed by atoms with Gasteiger partial charge >= 0.3 is 12.0 Å². The first-order valence-electron chi connectivity index (χ1n) is 6.42. The van der Waals surface area contributed by atoms with Crippen LogP contribution in [-0.2, 0) is 4.79 Å². The predicted molar refractivity (Wildman–Crippen MR) is 68.6 cm³/mol. The highest BCUT2D eigenvalue weighted by Crippen LogP contribution is 2.17. The molecule has 0 aliphatic carbocycles. The van der Waals surface area contributed by atoms with E-state index in [0.29, 0.717) is 19.6 Å². The lowest BCUT2D eigenvalue weighted by Crippen LogP contribution is -2.57. The minimum atomic E-state index is -1.18. The van der Waals surface area contributed by atoms with Crippen molar-refractivity contribution in [2.75, 3.05) is 32.7 Å². The molecule has 0 radical (unpaired) electrons. The molecule has 6 heteroatoms. The SMILES string of the molecule is CCN(C(=O)N1CCCNCC1)C(C)(C)C(=O)O. The van der Waals surface area contributed by atoms with Crippen LogP contribution in [0.1, 0.15) is 27.2 Å². The van der Waals surface area contributed by atoms with Crippen LogP contribution in [0.3, 0.4) is 0 Å². The lowest BCUT2D eigenvalue weighted by molar-refractivity contribution is -0.147. The zero-order valence-electron chi connectivity index (χ0n) is 11.4. The summed E-state index contributed by atoms with van der Waals surface area (Å²) < 4.78 is 0. The van der Waals surface area contributed by atoms with E-state index in [1.807, 2.05) is 0 Å². The van der Waals surface area contributed by atoms with E-state index in [-0.39, 0.29) is 6.03 Å². The number of likely N-dealkylation sites (N-methyl/N-ethyl adjacent to an activating group) is 1. The molecular formula is C12H23N3O3. The third kappa shape index (κ3) is 3.13. The Labute approximate surface area is 108 Å². The molecule has 6 nitrogen and oxygen atoms in total. The number of carboxylic acid groups (broad SMARTS) is 1. The Morgan fingerprint density at radius 3 is 2.56 bits per heavy atom. The molecule has 104 valence electrons. The first kappa shape index (κ1) is 14.8. The molecule has 1 aliphatic rings. The van der Waals surface area contributed by atoms with Crippen molar-refractivity contribution in [2.24, 2.45) is 0 Å². The molecule has 1 aliphatic heterocycles. The number of rotatable bonds is 3. The molecule has 0 bridgehead atoms. The summed E-state index contributed by atoms with van der Waals surface area (Å²) in [7, 11) is 0. The van der Waals surface area contributed by atoms with Crippen LogP contribution < -0.4 is 5.32 Å². The van der Waals surface area contributed by atoms with Crippen LogP contribution in [-0.4, -0.2) is 65.2 Å². The summed E-state index contributed by atoms with van der Waals surface area (Å²) in [4.78, 5) is 26.8. The highest BCUT2D eigenvalue weighted by atomic mass is 16.4. The summed E-state index contributed by atoms with van der Waals surface area (Å²) in [5.41, 5.74) is -1.18. The number of nitrogens with zero attached hydrogens (tertiary/aromatic N) is 2. The smallest absolute Gasteiger partial charge is 0.329 e. The largest absolute Gasteiger partial charge is 0.480 e. The fourth-order valence-corrected chi connectivity index (χ4v) is 2.09. The molecule has 1 rings (SSSR count). The van der Waals surface area contributed by atoms with Crippen molar-refractivity contribution in [3.05, 3.63) is 0 Å². The Hall–Kier alpha value is -1.30. The van der Waals surface area contributed by atoms with Gasteiger partial charge in [-0.05, 0) is 33.7 Å². The van der Waals surface area contributed by atoms with Crippen molar-refractivity contribution < 1.29 is 14.7 Å². The average molecular weight is 257 g/mol. The molecule has 0 saturated carbocycles. The molecule has 2 amide bonds. The Morgan fingerprint density at radius 2 is 2.00 bits per heavy atom. The van der Waals surface area contributed by atoms with Crippen molar-refractivity contribution in [3.63, 3.8) is 0 Å². The van der Waals surface area contributed by atoms with Gasteiger partial charge in [0, 0.05) is 26.2 Å². The van der Waals surface area contributed by atoms with Crippen LogP contribution in [0.15, 0.2) is 0 Å². The Bertz CT molecular complexity index is 310. The number of nitrogens with one attached hydrogen (secondary N) is 1. The van der Waals surface area contributed by atoms with E-state index in [2.05, 4.69) is 5.32 Å². The quantitative estimate of drug-likeness (QED) is 0.776. The van der Waals surface area contributed by atoms with Gasteiger partial charge in [0.1, 0.15) is 5.54 Å². The van der Waals surface area contributed by atoms with Gasteiger partial charge in [-0.2, -0.15) is 0 Å². The minimum absolute atomic E-state index is 0.186. The molecule has 1 saturated heterocycles. The number of aliphatic carboxylic acids is 1. The fourth-order valence-electron chi connectivity index (χ4n) is 2.09. The first-order chi connectivity index (χ1) is 8.41. The molecule has 1 fully saturated rings. The van der Waals surface area contributed by atoms with Gasteiger partial charge < -0.3 is 20.2 Å². The van der Waals surface area contributed by atoms with Crippen molar-refractivity contribution >= 4 is 12.0 Å². The average Bonchev–Trinajstić information content (AvgIpc) is 2.57. The fraction of sp³-hybridized carbons (Fsp3) is 0.833. The third-order valence-corrected chi connectivity index (χ3v) is 3.36. The summed E-state index contributed by atoms with van der Waals surface area (Å²) in [5.74, 6) is -0.981. The van der Waals surface area contributed by atoms with Gasteiger partial charge in [-0.25, -0.2) is 9.59 Å². The molecule has 0 spiro atoms. The van der Waals surface area contributed by atoms with Gasteiger partial charge in [0.2, 0.25) is 0 Å². The molecule has 0 aromatic carbocycles. The second kappa shape index (κ2) is 6.04. The van der Waals surface area contributed by atoms with Crippen LogP contribution >= 0.6 is 0 Å². The van der Waals surface area contributed by atoms with Gasteiger partial charge in [-0.3, -0.25) is 0 Å². The zero-order valence-corrected chi connectivity index (χ0v) is 11.4. The Balaban J connectivity index is 2.81. The molecule has 1 heterocycles. The number of urea groups is 1. The van der Waals surface area contributed by atoms with Crippen LogP contribution in [0.25, 0.3) is 0 Å². The maximum atomic E-state index is 12.4. The lowest BCUT2D eigenvalue weighted by atomic mass is 10.0. The molecule has 0 aromatic rings. The number of carboxylic acids is 1. The van der Waals surface area contributed by atoms with E-state index in [1.54, 1.807) is 25.7 Å². The number of carbonyl (C=O) groups excluding carboxylic acids is 1. The number of hydrogen-bond acceptors (Lipinski definition) is 3. The highest BCUT2D eigenvalue weighted by Gasteiger charge is 2.38.